The van der Waals surface area contributed by atoms with Crippen LogP contribution in [-0.2, 0) is 6.54 Å². The van der Waals surface area contributed by atoms with Crippen LogP contribution in [0.2, 0.25) is 0 Å². The van der Waals surface area contributed by atoms with Crippen LogP contribution in [0.5, 0.6) is 0 Å². The maximum absolute atomic E-state index is 4.30. The van der Waals surface area contributed by atoms with E-state index in [-0.39, 0.29) is 24.0 Å². The zero-order valence-corrected chi connectivity index (χ0v) is 16.1. The molecule has 0 spiro atoms. The number of likely N-dealkylation sites (tertiary alicyclic amines) is 1. The van der Waals surface area contributed by atoms with E-state index in [1.54, 1.807) is 11.3 Å². The lowest BCUT2D eigenvalue weighted by Crippen LogP contribution is -2.44. The third kappa shape index (κ3) is 6.52. The van der Waals surface area contributed by atoms with Crippen molar-refractivity contribution >= 4 is 41.3 Å². The smallest absolute Gasteiger partial charge is 0.191 e. The van der Waals surface area contributed by atoms with Crippen LogP contribution < -0.4 is 10.6 Å². The molecule has 1 saturated heterocycles. The van der Waals surface area contributed by atoms with Crippen molar-refractivity contribution < 1.29 is 0 Å². The van der Waals surface area contributed by atoms with Gasteiger partial charge in [0.2, 0.25) is 0 Å². The predicted molar refractivity (Wildman–Crippen MR) is 103 cm³/mol. The highest BCUT2D eigenvalue weighted by Gasteiger charge is 2.18. The first-order valence-electron chi connectivity index (χ1n) is 7.49. The number of nitrogens with zero attached hydrogens (tertiary/aromatic N) is 2. The Bertz CT molecular complexity index is 408. The number of hydrogen-bond donors (Lipinski definition) is 2. The summed E-state index contributed by atoms with van der Waals surface area (Å²) < 4.78 is 0. The minimum absolute atomic E-state index is 0. The molecule has 1 atom stereocenters. The highest BCUT2D eigenvalue weighted by atomic mass is 127. The van der Waals surface area contributed by atoms with Gasteiger partial charge in [-0.05, 0) is 54.2 Å². The molecule has 4 nitrogen and oxygen atoms in total. The summed E-state index contributed by atoms with van der Waals surface area (Å²) in [6, 6.07) is 2.14. The average molecular weight is 422 g/mol. The summed E-state index contributed by atoms with van der Waals surface area (Å²) in [5.74, 6) is 1.65. The molecule has 21 heavy (non-hydrogen) atoms. The molecule has 2 N–H and O–H groups in total. The van der Waals surface area contributed by atoms with Crippen LogP contribution in [0.15, 0.2) is 21.8 Å². The van der Waals surface area contributed by atoms with Gasteiger partial charge >= 0.3 is 0 Å². The molecular formula is C15H27IN4S. The summed E-state index contributed by atoms with van der Waals surface area (Å²) in [5.41, 5.74) is 1.31. The Hall–Kier alpha value is -0.340. The van der Waals surface area contributed by atoms with Gasteiger partial charge in [0, 0.05) is 26.7 Å². The van der Waals surface area contributed by atoms with E-state index in [1.165, 1.54) is 38.0 Å². The zero-order chi connectivity index (χ0) is 14.2. The summed E-state index contributed by atoms with van der Waals surface area (Å²) in [4.78, 5) is 6.83. The molecular weight excluding hydrogens is 395 g/mol. The van der Waals surface area contributed by atoms with E-state index in [9.17, 15) is 0 Å². The monoisotopic (exact) mass is 422 g/mol. The molecule has 2 heterocycles. The molecule has 1 aromatic rings. The summed E-state index contributed by atoms with van der Waals surface area (Å²) in [5, 5.41) is 11.1. The molecule has 6 heteroatoms. The number of guanidine groups is 1. The van der Waals surface area contributed by atoms with E-state index < -0.39 is 0 Å². The van der Waals surface area contributed by atoms with Crippen LogP contribution in [0.1, 0.15) is 25.3 Å². The Balaban J connectivity index is 0.00000220. The molecule has 0 aliphatic carbocycles. The maximum Gasteiger partial charge on any atom is 0.191 e. The predicted octanol–water partition coefficient (Wildman–Crippen LogP) is 2.76. The van der Waals surface area contributed by atoms with E-state index in [0.29, 0.717) is 0 Å². The van der Waals surface area contributed by atoms with Crippen LogP contribution in [0, 0.1) is 5.92 Å². The third-order valence-electron chi connectivity index (χ3n) is 3.87. The van der Waals surface area contributed by atoms with Gasteiger partial charge in [0.15, 0.2) is 5.96 Å². The van der Waals surface area contributed by atoms with Crippen molar-refractivity contribution in [1.82, 2.24) is 15.5 Å². The van der Waals surface area contributed by atoms with Gasteiger partial charge in [-0.1, -0.05) is 6.92 Å². The van der Waals surface area contributed by atoms with Crippen LogP contribution in [0.3, 0.4) is 0 Å². The molecule has 1 aliphatic heterocycles. The standard InChI is InChI=1S/C15H26N4S.HI/c1-3-19-7-4-5-13(11-19)9-17-15(16-2)18-10-14-6-8-20-12-14;/h6,8,12-13H,3-5,7,9-11H2,1-2H3,(H2,16,17,18);1H. The Labute approximate surface area is 149 Å². The second-order valence-corrected chi connectivity index (χ2v) is 6.12. The maximum atomic E-state index is 4.30. The zero-order valence-electron chi connectivity index (χ0n) is 13.0. The first kappa shape index (κ1) is 18.7. The SMILES string of the molecule is CCN1CCCC(CNC(=NC)NCc2ccsc2)C1.I. The Morgan fingerprint density at radius 3 is 3.00 bits per heavy atom. The lowest BCUT2D eigenvalue weighted by molar-refractivity contribution is 0.183. The molecule has 1 aliphatic rings. The van der Waals surface area contributed by atoms with Gasteiger partial charge in [-0.2, -0.15) is 11.3 Å². The molecule has 0 aromatic carbocycles. The first-order chi connectivity index (χ1) is 9.81. The van der Waals surface area contributed by atoms with Gasteiger partial charge in [0.25, 0.3) is 0 Å². The highest BCUT2D eigenvalue weighted by Crippen LogP contribution is 2.15. The van der Waals surface area contributed by atoms with Gasteiger partial charge in [-0.25, -0.2) is 0 Å². The minimum Gasteiger partial charge on any atom is -0.356 e. The number of aliphatic imine (C=N–C) groups is 1. The topological polar surface area (TPSA) is 39.7 Å². The molecule has 120 valence electrons. The third-order valence-corrected chi connectivity index (χ3v) is 4.60. The molecule has 1 unspecified atom stereocenters. The summed E-state index contributed by atoms with van der Waals surface area (Å²) >= 11 is 1.73. The number of nitrogens with one attached hydrogen (secondary N) is 2. The molecule has 0 bridgehead atoms. The lowest BCUT2D eigenvalue weighted by Gasteiger charge is -2.32. The fourth-order valence-electron chi connectivity index (χ4n) is 2.65. The Morgan fingerprint density at radius 1 is 1.48 bits per heavy atom. The quantitative estimate of drug-likeness (QED) is 0.436. The second-order valence-electron chi connectivity index (χ2n) is 5.34. The number of rotatable bonds is 5. The normalized spacial score (nSPS) is 19.9. The highest BCUT2D eigenvalue weighted by molar-refractivity contribution is 14.0. The number of halogens is 1. The molecule has 0 radical (unpaired) electrons. The van der Waals surface area contributed by atoms with Crippen molar-refractivity contribution in [3.63, 3.8) is 0 Å². The second kappa shape index (κ2) is 10.4. The van der Waals surface area contributed by atoms with Crippen LogP contribution in [0.4, 0.5) is 0 Å². The van der Waals surface area contributed by atoms with E-state index in [1.807, 2.05) is 7.05 Å². The molecule has 0 amide bonds. The van der Waals surface area contributed by atoms with Crippen molar-refractivity contribution in [3.05, 3.63) is 22.4 Å². The molecule has 0 saturated carbocycles. The van der Waals surface area contributed by atoms with Gasteiger partial charge in [0.1, 0.15) is 0 Å². The van der Waals surface area contributed by atoms with Crippen molar-refractivity contribution in [2.75, 3.05) is 33.2 Å². The van der Waals surface area contributed by atoms with Crippen molar-refractivity contribution in [3.8, 4) is 0 Å². The van der Waals surface area contributed by atoms with Crippen LogP contribution >= 0.6 is 35.3 Å². The summed E-state index contributed by atoms with van der Waals surface area (Å²) in [7, 11) is 1.84. The average Bonchev–Trinajstić information content (AvgIpc) is 3.01. The Kier molecular flexibility index (Phi) is 9.26. The van der Waals surface area contributed by atoms with Crippen LogP contribution in [0.25, 0.3) is 0 Å². The van der Waals surface area contributed by atoms with Crippen molar-refractivity contribution in [2.24, 2.45) is 10.9 Å². The molecule has 1 aromatic heterocycles. The lowest BCUT2D eigenvalue weighted by atomic mass is 9.98. The van der Waals surface area contributed by atoms with Crippen LogP contribution in [-0.4, -0.2) is 44.1 Å². The van der Waals surface area contributed by atoms with E-state index in [4.69, 9.17) is 0 Å². The van der Waals surface area contributed by atoms with Crippen molar-refractivity contribution in [1.29, 1.82) is 0 Å². The van der Waals surface area contributed by atoms with Gasteiger partial charge in [-0.3, -0.25) is 4.99 Å². The number of thiophene rings is 1. The van der Waals surface area contributed by atoms with Gasteiger partial charge < -0.3 is 15.5 Å². The van der Waals surface area contributed by atoms with E-state index in [2.05, 4.69) is 44.3 Å². The minimum atomic E-state index is 0. The van der Waals surface area contributed by atoms with Gasteiger partial charge in [-0.15, -0.1) is 24.0 Å². The summed E-state index contributed by atoms with van der Waals surface area (Å²) in [6.07, 6.45) is 2.64. The van der Waals surface area contributed by atoms with E-state index in [0.717, 1.165) is 25.0 Å². The number of hydrogen-bond acceptors (Lipinski definition) is 3. The van der Waals surface area contributed by atoms with Gasteiger partial charge in [0.05, 0.1) is 0 Å². The van der Waals surface area contributed by atoms with Crippen molar-refractivity contribution in [2.45, 2.75) is 26.3 Å². The molecule has 2 rings (SSSR count). The summed E-state index contributed by atoms with van der Waals surface area (Å²) in [6.45, 7) is 7.75. The fourth-order valence-corrected chi connectivity index (χ4v) is 3.31. The first-order valence-corrected chi connectivity index (χ1v) is 8.44. The molecule has 1 fully saturated rings. The number of piperidine rings is 1. The Morgan fingerprint density at radius 2 is 2.33 bits per heavy atom. The largest absolute Gasteiger partial charge is 0.356 e. The van der Waals surface area contributed by atoms with E-state index >= 15 is 0 Å². The fraction of sp³-hybridized carbons (Fsp3) is 0.667.